The normalized spacial score (nSPS) is 25.5. The van der Waals surface area contributed by atoms with Gasteiger partial charge in [-0.1, -0.05) is 0 Å². The Kier molecular flexibility index (Phi) is 9.28. The number of hydrogen-bond donors (Lipinski definition) is 3. The van der Waals surface area contributed by atoms with E-state index in [1.54, 1.807) is 6.92 Å². The summed E-state index contributed by atoms with van der Waals surface area (Å²) >= 11 is 12.5. The van der Waals surface area contributed by atoms with E-state index in [0.717, 1.165) is 6.42 Å². The number of carbonyl (C=O) groups excluding carboxylic acids is 2. The van der Waals surface area contributed by atoms with Crippen LogP contribution in [-0.2, 0) is 14.3 Å². The number of carbonyl (C=O) groups is 2. The third kappa shape index (κ3) is 8.24. The first-order valence-electron chi connectivity index (χ1n) is 7.96. The maximum Gasteiger partial charge on any atom is 0.374 e. The molecule has 1 aliphatic rings. The summed E-state index contributed by atoms with van der Waals surface area (Å²) in [4.78, 5) is 23.8. The van der Waals surface area contributed by atoms with Crippen LogP contribution in [0.5, 0.6) is 0 Å². The zero-order valence-electron chi connectivity index (χ0n) is 13.6. The Balaban J connectivity index is 2.67. The van der Waals surface area contributed by atoms with Gasteiger partial charge in [-0.3, -0.25) is 9.59 Å². The molecule has 0 aromatic carbocycles. The minimum absolute atomic E-state index is 0.0219. The Morgan fingerprint density at radius 3 is 2.43 bits per heavy atom. The zero-order valence-corrected chi connectivity index (χ0v) is 15.1. The Morgan fingerprint density at radius 2 is 1.91 bits per heavy atom. The SMILES string of the molecule is CCOC(=O)CC(NC(=O)CNB(C)O)C1CC(Cl)CC(Cl)C1. The highest BCUT2D eigenvalue weighted by Crippen LogP contribution is 2.34. The Hall–Kier alpha value is -0.495. The standard InChI is InChI=1S/C14H25BCl2N2O4/c1-3-23-14(21)7-12(19-13(20)8-18-15(2)22)9-4-10(16)6-11(17)5-9/h9-12,18,22H,3-8H2,1-2H3,(H,19,20). The second-order valence-corrected chi connectivity index (χ2v) is 7.14. The van der Waals surface area contributed by atoms with Gasteiger partial charge in [0.15, 0.2) is 0 Å². The number of ether oxygens (including phenoxy) is 1. The van der Waals surface area contributed by atoms with Gasteiger partial charge in [-0.25, -0.2) is 0 Å². The van der Waals surface area contributed by atoms with Crippen LogP contribution in [0.3, 0.4) is 0 Å². The summed E-state index contributed by atoms with van der Waals surface area (Å²) in [6, 6.07) is -0.375. The molecule has 1 aliphatic carbocycles. The predicted molar refractivity (Wildman–Crippen MR) is 91.6 cm³/mol. The lowest BCUT2D eigenvalue weighted by molar-refractivity contribution is -0.144. The molecule has 9 heteroatoms. The van der Waals surface area contributed by atoms with Gasteiger partial charge in [0, 0.05) is 16.8 Å². The number of alkyl halides is 2. The molecule has 1 fully saturated rings. The summed E-state index contributed by atoms with van der Waals surface area (Å²) in [7, 11) is -0.779. The fourth-order valence-corrected chi connectivity index (χ4v) is 3.76. The molecule has 0 bridgehead atoms. The molecule has 0 saturated heterocycles. The van der Waals surface area contributed by atoms with Crippen molar-refractivity contribution in [3.05, 3.63) is 0 Å². The molecule has 1 rings (SSSR count). The van der Waals surface area contributed by atoms with E-state index in [1.165, 1.54) is 6.82 Å². The molecule has 0 heterocycles. The van der Waals surface area contributed by atoms with Gasteiger partial charge in [0.25, 0.3) is 0 Å². The van der Waals surface area contributed by atoms with Crippen LogP contribution < -0.4 is 10.5 Å². The minimum atomic E-state index is -0.779. The van der Waals surface area contributed by atoms with Crippen LogP contribution in [-0.4, -0.2) is 53.9 Å². The number of nitrogens with one attached hydrogen (secondary N) is 2. The molecule has 3 N–H and O–H groups in total. The van der Waals surface area contributed by atoms with Crippen molar-refractivity contribution in [2.24, 2.45) is 5.92 Å². The van der Waals surface area contributed by atoms with Crippen LogP contribution in [0.25, 0.3) is 0 Å². The molecule has 0 spiro atoms. The van der Waals surface area contributed by atoms with Crippen molar-refractivity contribution in [3.63, 3.8) is 0 Å². The fraction of sp³-hybridized carbons (Fsp3) is 0.857. The third-order valence-electron chi connectivity index (χ3n) is 3.79. The molecule has 3 atom stereocenters. The zero-order chi connectivity index (χ0) is 17.4. The van der Waals surface area contributed by atoms with E-state index in [2.05, 4.69) is 10.5 Å². The molecular weight excluding hydrogens is 342 g/mol. The molecule has 3 unspecified atom stereocenters. The molecule has 1 amide bonds. The largest absolute Gasteiger partial charge is 0.466 e. The number of amides is 1. The van der Waals surface area contributed by atoms with Crippen LogP contribution in [0.15, 0.2) is 0 Å². The van der Waals surface area contributed by atoms with E-state index in [0.29, 0.717) is 19.4 Å². The van der Waals surface area contributed by atoms with Crippen molar-refractivity contribution in [1.29, 1.82) is 0 Å². The maximum atomic E-state index is 12.0. The van der Waals surface area contributed by atoms with Gasteiger partial charge < -0.3 is 20.3 Å². The highest BCUT2D eigenvalue weighted by Gasteiger charge is 2.34. The summed E-state index contributed by atoms with van der Waals surface area (Å²) < 4.78 is 4.98. The summed E-state index contributed by atoms with van der Waals surface area (Å²) in [6.07, 6.45) is 2.20. The lowest BCUT2D eigenvalue weighted by Crippen LogP contribution is -2.49. The van der Waals surface area contributed by atoms with Crippen LogP contribution in [0.4, 0.5) is 0 Å². The van der Waals surface area contributed by atoms with Gasteiger partial charge in [-0.2, -0.15) is 0 Å². The Bertz CT molecular complexity index is 391. The summed E-state index contributed by atoms with van der Waals surface area (Å²) in [5, 5.41) is 14.5. The van der Waals surface area contributed by atoms with Gasteiger partial charge in [0.1, 0.15) is 0 Å². The monoisotopic (exact) mass is 366 g/mol. The number of halogens is 2. The van der Waals surface area contributed by atoms with Gasteiger partial charge in [-0.15, -0.1) is 23.2 Å². The van der Waals surface area contributed by atoms with Crippen molar-refractivity contribution in [2.45, 2.75) is 56.2 Å². The summed E-state index contributed by atoms with van der Waals surface area (Å²) in [5.41, 5.74) is 0. The van der Waals surface area contributed by atoms with Crippen LogP contribution in [0.2, 0.25) is 6.82 Å². The summed E-state index contributed by atoms with van der Waals surface area (Å²) in [5.74, 6) is -0.624. The molecule has 1 saturated carbocycles. The Morgan fingerprint density at radius 1 is 1.30 bits per heavy atom. The van der Waals surface area contributed by atoms with Crippen molar-refractivity contribution in [3.8, 4) is 0 Å². The quantitative estimate of drug-likeness (QED) is 0.340. The highest BCUT2D eigenvalue weighted by molar-refractivity contribution is 6.45. The Labute approximate surface area is 147 Å². The lowest BCUT2D eigenvalue weighted by atomic mass is 9.82. The molecule has 0 aromatic rings. The number of rotatable bonds is 8. The first-order chi connectivity index (χ1) is 10.8. The highest BCUT2D eigenvalue weighted by atomic mass is 35.5. The number of esters is 1. The minimum Gasteiger partial charge on any atom is -0.466 e. The summed E-state index contributed by atoms with van der Waals surface area (Å²) in [6.45, 7) is 3.53. The van der Waals surface area contributed by atoms with Crippen LogP contribution >= 0.6 is 23.2 Å². The average Bonchev–Trinajstić information content (AvgIpc) is 2.43. The van der Waals surface area contributed by atoms with E-state index >= 15 is 0 Å². The second-order valence-electron chi connectivity index (χ2n) is 5.90. The van der Waals surface area contributed by atoms with Gasteiger partial charge in [0.2, 0.25) is 5.91 Å². The first kappa shape index (κ1) is 20.5. The number of hydrogen-bond acceptors (Lipinski definition) is 5. The van der Waals surface area contributed by atoms with E-state index in [1.807, 2.05) is 0 Å². The lowest BCUT2D eigenvalue weighted by Gasteiger charge is -2.34. The smallest absolute Gasteiger partial charge is 0.374 e. The molecule has 23 heavy (non-hydrogen) atoms. The van der Waals surface area contributed by atoms with Crippen LogP contribution in [0.1, 0.15) is 32.6 Å². The van der Waals surface area contributed by atoms with E-state index in [9.17, 15) is 9.59 Å². The average molecular weight is 367 g/mol. The first-order valence-corrected chi connectivity index (χ1v) is 8.83. The van der Waals surface area contributed by atoms with Gasteiger partial charge in [0.05, 0.1) is 19.6 Å². The topological polar surface area (TPSA) is 87.7 Å². The van der Waals surface area contributed by atoms with E-state index in [4.69, 9.17) is 33.0 Å². The van der Waals surface area contributed by atoms with Crippen LogP contribution in [0, 0.1) is 5.92 Å². The van der Waals surface area contributed by atoms with Crippen molar-refractivity contribution in [1.82, 2.24) is 10.5 Å². The van der Waals surface area contributed by atoms with E-state index < -0.39 is 7.05 Å². The third-order valence-corrected chi connectivity index (χ3v) is 4.51. The molecular formula is C14H25BCl2N2O4. The molecule has 0 aliphatic heterocycles. The maximum absolute atomic E-state index is 12.0. The predicted octanol–water partition coefficient (Wildman–Crippen LogP) is 1.14. The van der Waals surface area contributed by atoms with Crippen molar-refractivity contribution in [2.75, 3.05) is 13.2 Å². The van der Waals surface area contributed by atoms with Crippen molar-refractivity contribution < 1.29 is 19.3 Å². The van der Waals surface area contributed by atoms with E-state index in [-0.39, 0.29) is 47.6 Å². The second kappa shape index (κ2) is 10.4. The molecule has 0 aromatic heterocycles. The molecule has 0 radical (unpaired) electrons. The van der Waals surface area contributed by atoms with Crippen molar-refractivity contribution >= 4 is 42.1 Å². The molecule has 132 valence electrons. The fourth-order valence-electron chi connectivity index (χ4n) is 2.78. The van der Waals surface area contributed by atoms with Gasteiger partial charge >= 0.3 is 13.0 Å². The molecule has 6 nitrogen and oxygen atoms in total. The van der Waals surface area contributed by atoms with Gasteiger partial charge in [-0.05, 0) is 38.9 Å².